The Labute approximate surface area is 120 Å². The lowest BCUT2D eigenvalue weighted by Crippen LogP contribution is -2.40. The van der Waals surface area contributed by atoms with E-state index in [1.807, 2.05) is 6.07 Å². The molecule has 0 aromatic heterocycles. The smallest absolute Gasteiger partial charge is 0.229 e. The molecule has 1 aliphatic carbocycles. The van der Waals surface area contributed by atoms with E-state index in [1.165, 1.54) is 0 Å². The summed E-state index contributed by atoms with van der Waals surface area (Å²) < 4.78 is 0.889. The fourth-order valence-electron chi connectivity index (χ4n) is 2.30. The number of carbonyl (C=O) groups is 1. The molecule has 1 aromatic carbocycles. The first-order chi connectivity index (χ1) is 8.58. The van der Waals surface area contributed by atoms with E-state index < -0.39 is 0 Å². The number of hydrogen-bond donors (Lipinski definition) is 2. The van der Waals surface area contributed by atoms with Gasteiger partial charge in [-0.3, -0.25) is 4.79 Å². The molecule has 0 radical (unpaired) electrons. The molecular weight excluding hydrogens is 316 g/mol. The Morgan fingerprint density at radius 2 is 2.11 bits per heavy atom. The molecule has 0 saturated heterocycles. The predicted molar refractivity (Wildman–Crippen MR) is 77.7 cm³/mol. The molecule has 98 valence electrons. The number of nitrogens with one attached hydrogen (secondary N) is 1. The fraction of sp³-hybridized carbons (Fsp3) is 0.462. The van der Waals surface area contributed by atoms with Crippen LogP contribution in [0.1, 0.15) is 25.7 Å². The minimum absolute atomic E-state index is 0.0218. The van der Waals surface area contributed by atoms with Crippen LogP contribution in [0.3, 0.4) is 0 Å². The Morgan fingerprint density at radius 3 is 2.78 bits per heavy atom. The van der Waals surface area contributed by atoms with E-state index in [0.717, 1.165) is 30.2 Å². The Hall–Kier alpha value is -0.580. The molecule has 0 heterocycles. The summed E-state index contributed by atoms with van der Waals surface area (Å²) in [5, 5.41) is 3.40. The third-order valence-corrected chi connectivity index (χ3v) is 4.15. The van der Waals surface area contributed by atoms with Crippen LogP contribution in [0.2, 0.25) is 5.02 Å². The summed E-state index contributed by atoms with van der Waals surface area (Å²) in [5.74, 6) is -0.120. The van der Waals surface area contributed by atoms with Crippen LogP contribution in [0.15, 0.2) is 22.7 Å². The van der Waals surface area contributed by atoms with Crippen molar-refractivity contribution in [1.29, 1.82) is 0 Å². The van der Waals surface area contributed by atoms with Crippen molar-refractivity contribution in [2.45, 2.75) is 31.7 Å². The van der Waals surface area contributed by atoms with Crippen molar-refractivity contribution in [3.8, 4) is 0 Å². The van der Waals surface area contributed by atoms with Crippen LogP contribution in [0.4, 0.5) is 5.69 Å². The van der Waals surface area contributed by atoms with Crippen molar-refractivity contribution >= 4 is 39.1 Å². The molecule has 1 aliphatic rings. The van der Waals surface area contributed by atoms with Crippen LogP contribution in [0.25, 0.3) is 0 Å². The van der Waals surface area contributed by atoms with Crippen LogP contribution >= 0.6 is 27.5 Å². The number of benzene rings is 1. The molecule has 3 N–H and O–H groups in total. The van der Waals surface area contributed by atoms with E-state index in [1.54, 1.807) is 12.1 Å². The molecule has 18 heavy (non-hydrogen) atoms. The molecule has 0 bridgehead atoms. The lowest BCUT2D eigenvalue weighted by atomic mass is 9.84. The Balaban J connectivity index is 2.06. The van der Waals surface area contributed by atoms with Gasteiger partial charge in [-0.25, -0.2) is 0 Å². The molecule has 5 heteroatoms. The van der Waals surface area contributed by atoms with E-state index in [9.17, 15) is 4.79 Å². The van der Waals surface area contributed by atoms with Gasteiger partial charge in [-0.05, 0) is 31.0 Å². The summed E-state index contributed by atoms with van der Waals surface area (Å²) in [4.78, 5) is 12.2. The Kier molecular flexibility index (Phi) is 4.65. The maximum Gasteiger partial charge on any atom is 0.229 e. The molecule has 0 spiro atoms. The van der Waals surface area contributed by atoms with Gasteiger partial charge in [0.1, 0.15) is 0 Å². The second-order valence-corrected chi connectivity index (χ2v) is 5.99. The normalized spacial score (nSPS) is 23.7. The summed E-state index contributed by atoms with van der Waals surface area (Å²) in [5.41, 5.74) is 6.64. The van der Waals surface area contributed by atoms with Crippen LogP contribution in [0, 0.1) is 5.92 Å². The van der Waals surface area contributed by atoms with E-state index in [2.05, 4.69) is 21.2 Å². The van der Waals surface area contributed by atoms with Gasteiger partial charge in [-0.1, -0.05) is 40.4 Å². The number of nitrogens with two attached hydrogens (primary N) is 1. The van der Waals surface area contributed by atoms with Crippen molar-refractivity contribution in [3.05, 3.63) is 27.7 Å². The third-order valence-electron chi connectivity index (χ3n) is 3.35. The van der Waals surface area contributed by atoms with Gasteiger partial charge >= 0.3 is 0 Å². The minimum Gasteiger partial charge on any atom is -0.327 e. The number of hydrogen-bond acceptors (Lipinski definition) is 2. The highest BCUT2D eigenvalue weighted by molar-refractivity contribution is 9.10. The maximum atomic E-state index is 12.2. The zero-order valence-corrected chi connectivity index (χ0v) is 12.3. The fourth-order valence-corrected chi connectivity index (χ4v) is 3.02. The van der Waals surface area contributed by atoms with Crippen molar-refractivity contribution in [3.63, 3.8) is 0 Å². The molecule has 0 aliphatic heterocycles. The first-order valence-corrected chi connectivity index (χ1v) is 7.26. The van der Waals surface area contributed by atoms with Gasteiger partial charge in [0.25, 0.3) is 0 Å². The SMILES string of the molecule is NC1CCCCC1C(=O)Nc1ccc(Br)cc1Cl. The number of anilines is 1. The second-order valence-electron chi connectivity index (χ2n) is 4.67. The van der Waals surface area contributed by atoms with Crippen LogP contribution in [-0.2, 0) is 4.79 Å². The standard InChI is InChI=1S/C13H16BrClN2O/c14-8-5-6-12(10(15)7-8)17-13(18)9-3-1-2-4-11(9)16/h5-7,9,11H,1-4,16H2,(H,17,18). The van der Waals surface area contributed by atoms with E-state index in [4.69, 9.17) is 17.3 Å². The highest BCUT2D eigenvalue weighted by Gasteiger charge is 2.28. The monoisotopic (exact) mass is 330 g/mol. The lowest BCUT2D eigenvalue weighted by Gasteiger charge is -2.27. The van der Waals surface area contributed by atoms with E-state index in [-0.39, 0.29) is 17.9 Å². The van der Waals surface area contributed by atoms with E-state index in [0.29, 0.717) is 10.7 Å². The summed E-state index contributed by atoms with van der Waals surface area (Å²) in [6.45, 7) is 0. The molecule has 1 fully saturated rings. The maximum absolute atomic E-state index is 12.2. The Morgan fingerprint density at radius 1 is 1.39 bits per heavy atom. The largest absolute Gasteiger partial charge is 0.327 e. The zero-order chi connectivity index (χ0) is 13.1. The van der Waals surface area contributed by atoms with Gasteiger partial charge in [0, 0.05) is 10.5 Å². The van der Waals surface area contributed by atoms with Crippen LogP contribution in [-0.4, -0.2) is 11.9 Å². The molecule has 2 atom stereocenters. The molecule has 1 amide bonds. The highest BCUT2D eigenvalue weighted by Crippen LogP contribution is 2.28. The topological polar surface area (TPSA) is 55.1 Å². The summed E-state index contributed by atoms with van der Waals surface area (Å²) in [6.07, 6.45) is 3.97. The molecule has 3 nitrogen and oxygen atoms in total. The summed E-state index contributed by atoms with van der Waals surface area (Å²) in [6, 6.07) is 5.37. The average Bonchev–Trinajstić information content (AvgIpc) is 2.33. The lowest BCUT2D eigenvalue weighted by molar-refractivity contribution is -0.121. The molecule has 1 saturated carbocycles. The van der Waals surface area contributed by atoms with Crippen molar-refractivity contribution < 1.29 is 4.79 Å². The third kappa shape index (κ3) is 3.25. The van der Waals surface area contributed by atoms with Gasteiger partial charge in [0.15, 0.2) is 0 Å². The minimum atomic E-state index is -0.0986. The second kappa shape index (κ2) is 6.04. The van der Waals surface area contributed by atoms with Crippen LogP contribution < -0.4 is 11.1 Å². The number of halogens is 2. The van der Waals surface area contributed by atoms with E-state index >= 15 is 0 Å². The first kappa shape index (κ1) is 13.8. The quantitative estimate of drug-likeness (QED) is 0.870. The van der Waals surface area contributed by atoms with Gasteiger partial charge in [-0.2, -0.15) is 0 Å². The molecular formula is C13H16BrClN2O. The average molecular weight is 332 g/mol. The summed E-state index contributed by atoms with van der Waals surface area (Å²) >= 11 is 9.40. The van der Waals surface area contributed by atoms with Gasteiger partial charge < -0.3 is 11.1 Å². The predicted octanol–water partition coefficient (Wildman–Crippen LogP) is 3.56. The Bertz CT molecular complexity index is 453. The van der Waals surface area contributed by atoms with Crippen molar-refractivity contribution in [2.24, 2.45) is 11.7 Å². The van der Waals surface area contributed by atoms with Crippen molar-refractivity contribution in [1.82, 2.24) is 0 Å². The molecule has 1 aromatic rings. The zero-order valence-electron chi connectivity index (χ0n) is 9.96. The summed E-state index contributed by atoms with van der Waals surface area (Å²) in [7, 11) is 0. The van der Waals surface area contributed by atoms with Gasteiger partial charge in [0.05, 0.1) is 16.6 Å². The first-order valence-electron chi connectivity index (χ1n) is 6.09. The van der Waals surface area contributed by atoms with Crippen LogP contribution in [0.5, 0.6) is 0 Å². The van der Waals surface area contributed by atoms with Gasteiger partial charge in [0.2, 0.25) is 5.91 Å². The van der Waals surface area contributed by atoms with Crippen molar-refractivity contribution in [2.75, 3.05) is 5.32 Å². The molecule has 2 rings (SSSR count). The molecule has 2 unspecified atom stereocenters. The number of amides is 1. The van der Waals surface area contributed by atoms with Gasteiger partial charge in [-0.15, -0.1) is 0 Å². The number of rotatable bonds is 2. The number of carbonyl (C=O) groups excluding carboxylic acids is 1. The highest BCUT2D eigenvalue weighted by atomic mass is 79.9.